The molecule has 1 aliphatic rings. The van der Waals surface area contributed by atoms with Crippen molar-refractivity contribution in [2.45, 2.75) is 0 Å². The fourth-order valence-electron chi connectivity index (χ4n) is 1.03. The maximum absolute atomic E-state index is 10.3. The van der Waals surface area contributed by atoms with Crippen LogP contribution in [0.5, 0.6) is 0 Å². The summed E-state index contributed by atoms with van der Waals surface area (Å²) in [5.41, 5.74) is 0. The van der Waals surface area contributed by atoms with Crippen molar-refractivity contribution in [1.29, 1.82) is 0 Å². The smallest absolute Gasteiger partial charge is 0.154 e. The first-order valence-corrected chi connectivity index (χ1v) is 6.09. The number of thioether (sulfide) groups is 1. The minimum atomic E-state index is -1.62. The Bertz CT molecular complexity index is 137. The minimum absolute atomic E-state index is 0.394. The molecule has 1 saturated heterocycles. The zero-order valence-electron chi connectivity index (χ0n) is 6.36. The lowest BCUT2D eigenvalue weighted by Gasteiger charge is -2.25. The van der Waals surface area contributed by atoms with Crippen molar-refractivity contribution >= 4 is 22.8 Å². The molecule has 3 nitrogen and oxygen atoms in total. The summed E-state index contributed by atoms with van der Waals surface area (Å²) in [6, 6.07) is 0. The van der Waals surface area contributed by atoms with Crippen LogP contribution in [0.15, 0.2) is 0 Å². The molecule has 1 heterocycles. The molecule has 66 valence electrons. The normalized spacial score (nSPS) is 23.4. The van der Waals surface area contributed by atoms with Gasteiger partial charge >= 0.3 is 0 Å². The summed E-state index contributed by atoms with van der Waals surface area (Å²) in [6.45, 7) is 2.91. The van der Waals surface area contributed by atoms with Crippen LogP contribution in [-0.2, 0) is 11.1 Å². The first-order valence-electron chi connectivity index (χ1n) is 3.66. The van der Waals surface area contributed by atoms with Gasteiger partial charge in [0, 0.05) is 31.1 Å². The summed E-state index contributed by atoms with van der Waals surface area (Å²) < 4.78 is 18.8. The number of hydrogen-bond acceptors (Lipinski definition) is 3. The molecular weight excluding hydrogens is 182 g/mol. The van der Waals surface area contributed by atoms with Gasteiger partial charge in [-0.2, -0.15) is 11.8 Å². The molecule has 1 fully saturated rings. The standard InChI is InChI=1S/C6H13NO2S2/c8-11(9)6-3-7-1-4-10-5-2-7/h1-6H2,(H,8,9). The van der Waals surface area contributed by atoms with Crippen LogP contribution >= 0.6 is 11.8 Å². The van der Waals surface area contributed by atoms with Crippen LogP contribution in [0.25, 0.3) is 0 Å². The molecule has 1 aliphatic heterocycles. The third-order valence-corrected chi connectivity index (χ3v) is 3.16. The van der Waals surface area contributed by atoms with E-state index in [-0.39, 0.29) is 0 Å². The van der Waals surface area contributed by atoms with Crippen LogP contribution in [0, 0.1) is 0 Å². The van der Waals surface area contributed by atoms with Crippen molar-refractivity contribution in [1.82, 2.24) is 4.90 Å². The van der Waals surface area contributed by atoms with E-state index in [1.165, 1.54) is 0 Å². The van der Waals surface area contributed by atoms with Gasteiger partial charge in [0.05, 0.1) is 5.75 Å². The number of nitrogens with zero attached hydrogens (tertiary/aromatic N) is 1. The second kappa shape index (κ2) is 5.13. The molecule has 1 unspecified atom stereocenters. The molecule has 0 amide bonds. The Labute approximate surface area is 73.8 Å². The molecule has 1 N–H and O–H groups in total. The number of rotatable bonds is 3. The summed E-state index contributed by atoms with van der Waals surface area (Å²) in [5.74, 6) is 2.72. The van der Waals surface area contributed by atoms with Crippen molar-refractivity contribution in [2.75, 3.05) is 36.9 Å². The monoisotopic (exact) mass is 195 g/mol. The summed E-state index contributed by atoms with van der Waals surface area (Å²) >= 11 is 0.337. The molecule has 0 aromatic carbocycles. The zero-order chi connectivity index (χ0) is 8.10. The van der Waals surface area contributed by atoms with E-state index >= 15 is 0 Å². The lowest BCUT2D eigenvalue weighted by Crippen LogP contribution is -2.35. The summed E-state index contributed by atoms with van der Waals surface area (Å²) in [4.78, 5) is 2.24. The Hall–Kier alpha value is 0.420. The van der Waals surface area contributed by atoms with Gasteiger partial charge in [0.1, 0.15) is 0 Å². The maximum atomic E-state index is 10.3. The average Bonchev–Trinajstić information content (AvgIpc) is 2.03. The van der Waals surface area contributed by atoms with Crippen molar-refractivity contribution in [3.63, 3.8) is 0 Å². The maximum Gasteiger partial charge on any atom is 0.154 e. The van der Waals surface area contributed by atoms with Crippen LogP contribution in [-0.4, -0.2) is 50.6 Å². The van der Waals surface area contributed by atoms with Crippen molar-refractivity contribution in [3.05, 3.63) is 0 Å². The predicted octanol–water partition coefficient (Wildman–Crippen LogP) is 0.257. The molecule has 0 radical (unpaired) electrons. The first kappa shape index (κ1) is 9.51. The summed E-state index contributed by atoms with van der Waals surface area (Å²) in [7, 11) is 0. The molecule has 11 heavy (non-hydrogen) atoms. The van der Waals surface area contributed by atoms with E-state index in [9.17, 15) is 4.21 Å². The lowest BCUT2D eigenvalue weighted by molar-refractivity contribution is 0.320. The summed E-state index contributed by atoms with van der Waals surface area (Å²) in [6.07, 6.45) is 0. The lowest BCUT2D eigenvalue weighted by atomic mass is 10.5. The molecule has 0 aliphatic carbocycles. The Morgan fingerprint density at radius 3 is 2.64 bits per heavy atom. The van der Waals surface area contributed by atoms with Gasteiger partial charge in [-0.3, -0.25) is 0 Å². The quantitative estimate of drug-likeness (QED) is 0.656. The second-order valence-electron chi connectivity index (χ2n) is 2.48. The molecule has 1 atom stereocenters. The Balaban J connectivity index is 2.09. The van der Waals surface area contributed by atoms with Crippen molar-refractivity contribution in [2.24, 2.45) is 0 Å². The third-order valence-electron chi connectivity index (χ3n) is 1.69. The summed E-state index contributed by atoms with van der Waals surface area (Å²) in [5, 5.41) is 0. The fourth-order valence-corrected chi connectivity index (χ4v) is 2.43. The van der Waals surface area contributed by atoms with Gasteiger partial charge in [-0.25, -0.2) is 4.21 Å². The molecule has 0 bridgehead atoms. The van der Waals surface area contributed by atoms with Gasteiger partial charge in [0.15, 0.2) is 11.1 Å². The highest BCUT2D eigenvalue weighted by Crippen LogP contribution is 2.08. The van der Waals surface area contributed by atoms with Gasteiger partial charge in [-0.15, -0.1) is 0 Å². The van der Waals surface area contributed by atoms with Crippen LogP contribution in [0.2, 0.25) is 0 Å². The molecule has 5 heteroatoms. The first-order chi connectivity index (χ1) is 5.29. The van der Waals surface area contributed by atoms with Gasteiger partial charge in [0.25, 0.3) is 0 Å². The molecule has 0 saturated carbocycles. The highest BCUT2D eigenvalue weighted by atomic mass is 32.2. The predicted molar refractivity (Wildman–Crippen MR) is 49.4 cm³/mol. The largest absolute Gasteiger partial charge is 0.306 e. The molecule has 0 spiro atoms. The minimum Gasteiger partial charge on any atom is -0.306 e. The van der Waals surface area contributed by atoms with Gasteiger partial charge in [0.2, 0.25) is 0 Å². The Morgan fingerprint density at radius 1 is 1.45 bits per heavy atom. The van der Waals surface area contributed by atoms with E-state index in [0.29, 0.717) is 5.75 Å². The van der Waals surface area contributed by atoms with Crippen molar-refractivity contribution in [3.8, 4) is 0 Å². The van der Waals surface area contributed by atoms with Crippen LogP contribution in [0.4, 0.5) is 0 Å². The van der Waals surface area contributed by atoms with E-state index in [1.807, 2.05) is 11.8 Å². The van der Waals surface area contributed by atoms with Gasteiger partial charge in [-0.1, -0.05) is 0 Å². The molecule has 1 rings (SSSR count). The third kappa shape index (κ3) is 4.10. The molecular formula is C6H13NO2S2. The van der Waals surface area contributed by atoms with Crippen LogP contribution < -0.4 is 0 Å². The number of hydrogen-bond donors (Lipinski definition) is 1. The zero-order valence-corrected chi connectivity index (χ0v) is 7.99. The topological polar surface area (TPSA) is 40.5 Å². The second-order valence-corrected chi connectivity index (χ2v) is 4.76. The average molecular weight is 195 g/mol. The van der Waals surface area contributed by atoms with E-state index in [1.54, 1.807) is 0 Å². The van der Waals surface area contributed by atoms with E-state index in [2.05, 4.69) is 4.90 Å². The highest BCUT2D eigenvalue weighted by molar-refractivity contribution is 7.99. The van der Waals surface area contributed by atoms with Crippen molar-refractivity contribution < 1.29 is 8.76 Å². The van der Waals surface area contributed by atoms with E-state index in [4.69, 9.17) is 4.55 Å². The van der Waals surface area contributed by atoms with E-state index in [0.717, 1.165) is 31.1 Å². The van der Waals surface area contributed by atoms with Crippen LogP contribution in [0.3, 0.4) is 0 Å². The molecule has 0 aromatic rings. The van der Waals surface area contributed by atoms with E-state index < -0.39 is 11.1 Å². The SMILES string of the molecule is O=S(O)CCN1CCSCC1. The Morgan fingerprint density at radius 2 is 2.09 bits per heavy atom. The van der Waals surface area contributed by atoms with Crippen LogP contribution in [0.1, 0.15) is 0 Å². The fraction of sp³-hybridized carbons (Fsp3) is 1.00. The Kier molecular flexibility index (Phi) is 4.44. The van der Waals surface area contributed by atoms with Gasteiger partial charge in [-0.05, 0) is 0 Å². The van der Waals surface area contributed by atoms with Gasteiger partial charge < -0.3 is 9.45 Å². The molecule has 0 aromatic heterocycles. The highest BCUT2D eigenvalue weighted by Gasteiger charge is 2.09.